The van der Waals surface area contributed by atoms with E-state index in [-0.39, 0.29) is 37.0 Å². The maximum atomic E-state index is 15.9. The van der Waals surface area contributed by atoms with Crippen molar-refractivity contribution >= 4 is 23.5 Å². The third kappa shape index (κ3) is 4.79. The van der Waals surface area contributed by atoms with Gasteiger partial charge in [-0.1, -0.05) is 13.8 Å². The number of ether oxygens (including phenoxy) is 4. The standard InChI is InChI=1S/C28H31F7O8/c1-23(2)42-19-9-14-13-8-16(29)15-7-12(36)5-6-24(15,3)20(13)17(41-22(39)28(33,34)35)10-25(14,4)26(19,43-23)18(37)11-40-21(38)27(30,31)32/h7,13-14,16-17,19-20H,5-6,8-11H2,1-4H3. The predicted molar refractivity (Wildman–Crippen MR) is 128 cm³/mol. The van der Waals surface area contributed by atoms with E-state index in [9.17, 15) is 45.5 Å². The van der Waals surface area contributed by atoms with E-state index in [2.05, 4.69) is 4.74 Å². The summed E-state index contributed by atoms with van der Waals surface area (Å²) in [5, 5.41) is 0. The first-order valence-corrected chi connectivity index (χ1v) is 13.9. The first-order valence-electron chi connectivity index (χ1n) is 13.9. The quantitative estimate of drug-likeness (QED) is 0.325. The van der Waals surface area contributed by atoms with Crippen LogP contribution in [0.3, 0.4) is 0 Å². The lowest BCUT2D eigenvalue weighted by Crippen LogP contribution is -2.65. The van der Waals surface area contributed by atoms with Gasteiger partial charge in [-0.05, 0) is 68.4 Å². The van der Waals surface area contributed by atoms with Crippen LogP contribution in [0.25, 0.3) is 0 Å². The van der Waals surface area contributed by atoms with E-state index in [1.165, 1.54) is 26.8 Å². The van der Waals surface area contributed by atoms with Gasteiger partial charge in [0.05, 0.1) is 6.10 Å². The first-order chi connectivity index (χ1) is 19.6. The number of alkyl halides is 7. The molecule has 8 nitrogen and oxygen atoms in total. The lowest BCUT2D eigenvalue weighted by Gasteiger charge is -2.61. The van der Waals surface area contributed by atoms with Crippen LogP contribution in [0.5, 0.6) is 0 Å². The van der Waals surface area contributed by atoms with Gasteiger partial charge in [0.25, 0.3) is 0 Å². The van der Waals surface area contributed by atoms with Gasteiger partial charge < -0.3 is 18.9 Å². The molecule has 3 saturated carbocycles. The van der Waals surface area contributed by atoms with Crippen molar-refractivity contribution in [3.63, 3.8) is 0 Å². The third-order valence-electron chi connectivity index (χ3n) is 10.3. The maximum Gasteiger partial charge on any atom is 0.490 e. The molecule has 0 spiro atoms. The van der Waals surface area contributed by atoms with Gasteiger partial charge in [0, 0.05) is 17.8 Å². The van der Waals surface area contributed by atoms with Crippen LogP contribution >= 0.6 is 0 Å². The summed E-state index contributed by atoms with van der Waals surface area (Å²) in [6.07, 6.45) is -14.6. The molecule has 1 saturated heterocycles. The highest BCUT2D eigenvalue weighted by Crippen LogP contribution is 2.71. The number of carbonyl (C=O) groups excluding carboxylic acids is 4. The fourth-order valence-corrected chi connectivity index (χ4v) is 8.89. The molecule has 0 amide bonds. The van der Waals surface area contributed by atoms with Gasteiger partial charge in [0.15, 0.2) is 23.8 Å². The Kier molecular flexibility index (Phi) is 7.20. The number of allylic oxidation sites excluding steroid dienone is 1. The molecule has 0 radical (unpaired) electrons. The fraction of sp³-hybridized carbons (Fsp3) is 0.786. The number of carbonyl (C=O) groups is 4. The highest BCUT2D eigenvalue weighted by Gasteiger charge is 2.78. The Hall–Kier alpha value is -2.55. The molecule has 240 valence electrons. The van der Waals surface area contributed by atoms with Crippen LogP contribution in [0.1, 0.15) is 59.8 Å². The van der Waals surface area contributed by atoms with Gasteiger partial charge in [0.1, 0.15) is 12.3 Å². The summed E-state index contributed by atoms with van der Waals surface area (Å²) < 4.78 is 116. The monoisotopic (exact) mass is 628 g/mol. The zero-order chi connectivity index (χ0) is 32.1. The van der Waals surface area contributed by atoms with E-state index in [4.69, 9.17) is 14.2 Å². The number of hydrogen-bond acceptors (Lipinski definition) is 8. The van der Waals surface area contributed by atoms with Crippen molar-refractivity contribution in [2.45, 2.75) is 102 Å². The van der Waals surface area contributed by atoms with E-state index in [0.717, 1.165) is 0 Å². The van der Waals surface area contributed by atoms with Crippen molar-refractivity contribution in [3.8, 4) is 0 Å². The summed E-state index contributed by atoms with van der Waals surface area (Å²) in [6, 6.07) is 0. The molecule has 15 heteroatoms. The van der Waals surface area contributed by atoms with Crippen LogP contribution in [0.2, 0.25) is 0 Å². The molecule has 9 unspecified atom stereocenters. The molecule has 9 atom stereocenters. The van der Waals surface area contributed by atoms with E-state index < -0.39 is 101 Å². The van der Waals surface area contributed by atoms with Crippen molar-refractivity contribution in [1.29, 1.82) is 0 Å². The Labute approximate surface area is 241 Å². The second kappa shape index (κ2) is 9.72. The number of fused-ring (bicyclic) bond motifs is 7. The van der Waals surface area contributed by atoms with E-state index in [1.807, 2.05) is 0 Å². The zero-order valence-electron chi connectivity index (χ0n) is 23.7. The van der Waals surface area contributed by atoms with Crippen molar-refractivity contribution in [2.24, 2.45) is 28.6 Å². The molecule has 4 fully saturated rings. The van der Waals surface area contributed by atoms with Crippen LogP contribution in [0.15, 0.2) is 11.6 Å². The highest BCUT2D eigenvalue weighted by molar-refractivity contribution is 5.93. The minimum atomic E-state index is -5.40. The Bertz CT molecular complexity index is 1270. The molecule has 5 aliphatic rings. The number of hydrogen-bond donors (Lipinski definition) is 0. The summed E-state index contributed by atoms with van der Waals surface area (Å²) in [4.78, 5) is 49.7. The topological polar surface area (TPSA) is 105 Å². The smallest absolute Gasteiger partial charge is 0.455 e. The highest BCUT2D eigenvalue weighted by atomic mass is 19.4. The minimum Gasteiger partial charge on any atom is -0.455 e. The third-order valence-corrected chi connectivity index (χ3v) is 10.3. The Morgan fingerprint density at radius 3 is 2.23 bits per heavy atom. The molecule has 5 rings (SSSR count). The van der Waals surface area contributed by atoms with Crippen LogP contribution in [-0.2, 0) is 38.1 Å². The second-order valence-corrected chi connectivity index (χ2v) is 13.1. The second-order valence-electron chi connectivity index (χ2n) is 13.1. The fourth-order valence-electron chi connectivity index (χ4n) is 8.89. The molecule has 1 aliphatic heterocycles. The van der Waals surface area contributed by atoms with Crippen molar-refractivity contribution < 1.29 is 68.9 Å². The van der Waals surface area contributed by atoms with Crippen molar-refractivity contribution in [2.75, 3.05) is 6.61 Å². The summed E-state index contributed by atoms with van der Waals surface area (Å²) in [7, 11) is 0. The maximum absolute atomic E-state index is 15.9. The summed E-state index contributed by atoms with van der Waals surface area (Å²) in [5.41, 5.74) is -4.76. The Morgan fingerprint density at radius 1 is 1.00 bits per heavy atom. The summed E-state index contributed by atoms with van der Waals surface area (Å²) in [5.74, 6) is -10.5. The predicted octanol–water partition coefficient (Wildman–Crippen LogP) is 4.73. The molecule has 0 bridgehead atoms. The molecule has 0 aromatic rings. The lowest BCUT2D eigenvalue weighted by molar-refractivity contribution is -0.243. The number of esters is 2. The minimum absolute atomic E-state index is 0.00611. The molecule has 43 heavy (non-hydrogen) atoms. The largest absolute Gasteiger partial charge is 0.490 e. The van der Waals surface area contributed by atoms with Crippen LogP contribution in [0, 0.1) is 28.6 Å². The normalized spacial score (nSPS) is 41.7. The Balaban J connectivity index is 1.61. The van der Waals surface area contributed by atoms with Crippen LogP contribution < -0.4 is 0 Å². The summed E-state index contributed by atoms with van der Waals surface area (Å²) >= 11 is 0. The van der Waals surface area contributed by atoms with Gasteiger partial charge in [-0.3, -0.25) is 9.59 Å². The van der Waals surface area contributed by atoms with Gasteiger partial charge >= 0.3 is 24.3 Å². The SMILES string of the molecule is CC1(C)OC2CC3C4CC(F)C5=CC(=O)CCC5(C)C4C(OC(=O)C(F)(F)F)CC3(C)C2(C(=O)COC(=O)C(F)(F)F)O1. The number of halogens is 7. The molecular weight excluding hydrogens is 597 g/mol. The Morgan fingerprint density at radius 2 is 1.63 bits per heavy atom. The van der Waals surface area contributed by atoms with Gasteiger partial charge in [0.2, 0.25) is 5.78 Å². The van der Waals surface area contributed by atoms with Crippen LogP contribution in [-0.4, -0.2) is 72.2 Å². The first kappa shape index (κ1) is 31.9. The van der Waals surface area contributed by atoms with Crippen molar-refractivity contribution in [3.05, 3.63) is 11.6 Å². The number of rotatable bonds is 4. The molecule has 1 heterocycles. The van der Waals surface area contributed by atoms with Gasteiger partial charge in [-0.15, -0.1) is 0 Å². The molecule has 0 aromatic heterocycles. The van der Waals surface area contributed by atoms with E-state index >= 15 is 4.39 Å². The number of ketones is 2. The molecule has 0 aromatic carbocycles. The molecular formula is C28H31F7O8. The molecule has 4 aliphatic carbocycles. The van der Waals surface area contributed by atoms with Crippen LogP contribution in [0.4, 0.5) is 30.7 Å². The van der Waals surface area contributed by atoms with Gasteiger partial charge in [-0.2, -0.15) is 26.3 Å². The molecule has 0 N–H and O–H groups in total. The van der Waals surface area contributed by atoms with E-state index in [0.29, 0.717) is 0 Å². The average molecular weight is 629 g/mol. The average Bonchev–Trinajstić information content (AvgIpc) is 3.27. The number of Topliss-reactive ketones (excluding diaryl/α,β-unsaturated/α-hetero) is 1. The van der Waals surface area contributed by atoms with Gasteiger partial charge in [-0.25, -0.2) is 14.0 Å². The summed E-state index contributed by atoms with van der Waals surface area (Å²) in [6.45, 7) is 4.58. The van der Waals surface area contributed by atoms with Crippen molar-refractivity contribution in [1.82, 2.24) is 0 Å². The lowest BCUT2D eigenvalue weighted by atomic mass is 9.45. The zero-order valence-corrected chi connectivity index (χ0v) is 23.7. The van der Waals surface area contributed by atoms with E-state index in [1.54, 1.807) is 6.92 Å².